The molecular formula is C18H16BrN3O3. The summed E-state index contributed by atoms with van der Waals surface area (Å²) in [6.45, 7) is 1.78. The van der Waals surface area contributed by atoms with E-state index >= 15 is 0 Å². The van der Waals surface area contributed by atoms with Gasteiger partial charge < -0.3 is 0 Å². The van der Waals surface area contributed by atoms with Gasteiger partial charge in [0.05, 0.1) is 16.7 Å². The summed E-state index contributed by atoms with van der Waals surface area (Å²) in [7, 11) is 0. The predicted molar refractivity (Wildman–Crippen MR) is 98.3 cm³/mol. The van der Waals surface area contributed by atoms with Gasteiger partial charge in [-0.15, -0.1) is 0 Å². The molecule has 0 radical (unpaired) electrons. The lowest BCUT2D eigenvalue weighted by Gasteiger charge is -2.21. The van der Waals surface area contributed by atoms with Gasteiger partial charge in [0.1, 0.15) is 0 Å². The summed E-state index contributed by atoms with van der Waals surface area (Å²) in [5.74, 6) is -0.108. The van der Waals surface area contributed by atoms with Crippen LogP contribution >= 0.6 is 15.9 Å². The molecule has 0 bridgehead atoms. The fourth-order valence-electron chi connectivity index (χ4n) is 2.82. The number of hydrogen-bond acceptors (Lipinski definition) is 4. The van der Waals surface area contributed by atoms with Gasteiger partial charge in [-0.25, -0.2) is 5.01 Å². The third kappa shape index (κ3) is 3.61. The molecule has 0 fully saturated rings. The zero-order valence-electron chi connectivity index (χ0n) is 13.6. The number of non-ortho nitro benzene ring substituents is 1. The fourth-order valence-corrected chi connectivity index (χ4v) is 3.09. The molecule has 7 heteroatoms. The summed E-state index contributed by atoms with van der Waals surface area (Å²) in [4.78, 5) is 22.9. The van der Waals surface area contributed by atoms with Crippen molar-refractivity contribution in [3.8, 4) is 0 Å². The highest BCUT2D eigenvalue weighted by atomic mass is 79.9. The lowest BCUT2D eigenvalue weighted by Crippen LogP contribution is -2.26. The van der Waals surface area contributed by atoms with Crippen molar-refractivity contribution in [3.05, 3.63) is 74.2 Å². The average molecular weight is 402 g/mol. The molecule has 1 aliphatic rings. The Hall–Kier alpha value is -2.54. The number of benzene rings is 2. The molecule has 1 aliphatic heterocycles. The topological polar surface area (TPSA) is 75.8 Å². The second kappa shape index (κ2) is 7.14. The lowest BCUT2D eigenvalue weighted by atomic mass is 9.98. The minimum Gasteiger partial charge on any atom is -0.273 e. The summed E-state index contributed by atoms with van der Waals surface area (Å²) in [6.07, 6.45) is 0.844. The predicted octanol–water partition coefficient (Wildman–Crippen LogP) is 4.45. The molecular weight excluding hydrogens is 386 g/mol. The van der Waals surface area contributed by atoms with Crippen LogP contribution < -0.4 is 0 Å². The second-order valence-corrected chi connectivity index (χ2v) is 6.63. The molecule has 2 aromatic carbocycles. The monoisotopic (exact) mass is 401 g/mol. The van der Waals surface area contributed by atoms with Gasteiger partial charge in [0, 0.05) is 29.4 Å². The van der Waals surface area contributed by atoms with Gasteiger partial charge in [0.15, 0.2) is 0 Å². The van der Waals surface area contributed by atoms with E-state index in [1.807, 2.05) is 24.3 Å². The Balaban J connectivity index is 1.96. The van der Waals surface area contributed by atoms with E-state index in [1.165, 1.54) is 17.1 Å². The van der Waals surface area contributed by atoms with Gasteiger partial charge in [0.25, 0.3) is 5.69 Å². The Morgan fingerprint density at radius 2 is 2.04 bits per heavy atom. The maximum atomic E-state index is 12.3. The molecule has 1 amide bonds. The van der Waals surface area contributed by atoms with Crippen LogP contribution in [-0.2, 0) is 4.79 Å². The number of halogens is 1. The van der Waals surface area contributed by atoms with Gasteiger partial charge in [0.2, 0.25) is 5.91 Å². The Bertz CT molecular complexity index is 849. The molecule has 0 saturated carbocycles. The van der Waals surface area contributed by atoms with Crippen LogP contribution in [0.4, 0.5) is 5.69 Å². The first kappa shape index (κ1) is 17.3. The first-order valence-corrected chi connectivity index (χ1v) is 8.68. The molecule has 128 valence electrons. The highest BCUT2D eigenvalue weighted by Gasteiger charge is 2.32. The summed E-state index contributed by atoms with van der Waals surface area (Å²) < 4.78 is 0.964. The lowest BCUT2D eigenvalue weighted by molar-refractivity contribution is -0.384. The van der Waals surface area contributed by atoms with Crippen LogP contribution in [0.25, 0.3) is 0 Å². The summed E-state index contributed by atoms with van der Waals surface area (Å²) in [5, 5.41) is 17.0. The number of nitrogens with zero attached hydrogens (tertiary/aromatic N) is 3. The minimum atomic E-state index is -0.430. The van der Waals surface area contributed by atoms with E-state index in [-0.39, 0.29) is 17.6 Å². The van der Waals surface area contributed by atoms with Crippen molar-refractivity contribution in [2.45, 2.75) is 25.8 Å². The Morgan fingerprint density at radius 1 is 1.32 bits per heavy atom. The molecule has 0 spiro atoms. The molecule has 2 aromatic rings. The van der Waals surface area contributed by atoms with Crippen LogP contribution in [0.15, 0.2) is 58.1 Å². The zero-order chi connectivity index (χ0) is 18.0. The van der Waals surface area contributed by atoms with Crippen molar-refractivity contribution in [1.82, 2.24) is 5.01 Å². The maximum absolute atomic E-state index is 12.3. The number of nitro groups is 1. The molecule has 6 nitrogen and oxygen atoms in total. The van der Waals surface area contributed by atoms with Crippen molar-refractivity contribution >= 4 is 33.2 Å². The second-order valence-electron chi connectivity index (χ2n) is 5.72. The fraction of sp³-hybridized carbons (Fsp3) is 0.222. The van der Waals surface area contributed by atoms with Gasteiger partial charge in [-0.1, -0.05) is 47.1 Å². The number of amides is 1. The van der Waals surface area contributed by atoms with Gasteiger partial charge in [-0.05, 0) is 23.3 Å². The van der Waals surface area contributed by atoms with E-state index in [4.69, 9.17) is 0 Å². The van der Waals surface area contributed by atoms with Crippen molar-refractivity contribution in [2.75, 3.05) is 0 Å². The molecule has 1 heterocycles. The zero-order valence-corrected chi connectivity index (χ0v) is 15.1. The smallest absolute Gasteiger partial charge is 0.269 e. The number of rotatable bonds is 4. The van der Waals surface area contributed by atoms with E-state index < -0.39 is 4.92 Å². The van der Waals surface area contributed by atoms with E-state index in [9.17, 15) is 14.9 Å². The Kier molecular flexibility index (Phi) is 4.94. The number of carbonyl (C=O) groups is 1. The van der Waals surface area contributed by atoms with Crippen LogP contribution in [0.3, 0.4) is 0 Å². The van der Waals surface area contributed by atoms with Gasteiger partial charge in [-0.3, -0.25) is 14.9 Å². The number of hydrazone groups is 1. The number of hydrogen-bond donors (Lipinski definition) is 0. The van der Waals surface area contributed by atoms with Crippen LogP contribution in [0, 0.1) is 10.1 Å². The minimum absolute atomic E-state index is 0.0125. The van der Waals surface area contributed by atoms with Crippen molar-refractivity contribution in [2.24, 2.45) is 5.10 Å². The van der Waals surface area contributed by atoms with E-state index in [0.717, 1.165) is 15.7 Å². The Morgan fingerprint density at radius 3 is 2.68 bits per heavy atom. The maximum Gasteiger partial charge on any atom is 0.269 e. The molecule has 0 N–H and O–H groups in total. The average Bonchev–Trinajstić information content (AvgIpc) is 3.07. The molecule has 0 unspecified atom stereocenters. The van der Waals surface area contributed by atoms with E-state index in [1.54, 1.807) is 19.1 Å². The van der Waals surface area contributed by atoms with Crippen molar-refractivity contribution in [1.29, 1.82) is 0 Å². The van der Waals surface area contributed by atoms with Crippen LogP contribution in [0.5, 0.6) is 0 Å². The number of carbonyl (C=O) groups excluding carboxylic acids is 1. The third-order valence-electron chi connectivity index (χ3n) is 4.11. The molecule has 25 heavy (non-hydrogen) atoms. The standard InChI is InChI=1S/C18H16BrN3O3/c1-2-18(23)21-17(13-4-3-5-15(10-13)22(24)25)11-16(20-21)12-6-8-14(19)9-7-12/h3-10,17H,2,11H2,1H3/t17-/m0/s1. The third-order valence-corrected chi connectivity index (χ3v) is 4.64. The quantitative estimate of drug-likeness (QED) is 0.560. The van der Waals surface area contributed by atoms with E-state index in [2.05, 4.69) is 21.0 Å². The van der Waals surface area contributed by atoms with Crippen LogP contribution in [0.2, 0.25) is 0 Å². The SMILES string of the molecule is CCC(=O)N1N=C(c2ccc(Br)cc2)C[C@H]1c1cccc([N+](=O)[O-])c1. The summed E-state index contributed by atoms with van der Waals surface area (Å²) in [6, 6.07) is 13.8. The van der Waals surface area contributed by atoms with Gasteiger partial charge in [-0.2, -0.15) is 5.10 Å². The summed E-state index contributed by atoms with van der Waals surface area (Å²) in [5.41, 5.74) is 2.46. The van der Waals surface area contributed by atoms with Gasteiger partial charge >= 0.3 is 0 Å². The molecule has 0 saturated heterocycles. The van der Waals surface area contributed by atoms with Crippen LogP contribution in [0.1, 0.15) is 36.9 Å². The van der Waals surface area contributed by atoms with Crippen molar-refractivity contribution in [3.63, 3.8) is 0 Å². The van der Waals surface area contributed by atoms with E-state index in [0.29, 0.717) is 18.4 Å². The van der Waals surface area contributed by atoms with Crippen molar-refractivity contribution < 1.29 is 9.72 Å². The molecule has 0 aromatic heterocycles. The summed E-state index contributed by atoms with van der Waals surface area (Å²) >= 11 is 3.40. The molecule has 1 atom stereocenters. The highest BCUT2D eigenvalue weighted by molar-refractivity contribution is 9.10. The Labute approximate surface area is 153 Å². The first-order valence-electron chi connectivity index (χ1n) is 7.89. The van der Waals surface area contributed by atoms with Crippen LogP contribution in [-0.4, -0.2) is 21.6 Å². The molecule has 0 aliphatic carbocycles. The first-order chi connectivity index (χ1) is 12.0. The largest absolute Gasteiger partial charge is 0.273 e. The number of nitro benzene ring substituents is 1. The highest BCUT2D eigenvalue weighted by Crippen LogP contribution is 2.34. The molecule has 3 rings (SSSR count). The normalized spacial score (nSPS) is 16.6.